The molecule has 5 heteroatoms. The van der Waals surface area contributed by atoms with Crippen LogP contribution in [0.3, 0.4) is 0 Å². The molecule has 1 aliphatic rings. The van der Waals surface area contributed by atoms with Gasteiger partial charge in [0.2, 0.25) is 0 Å². The number of urea groups is 1. The maximum Gasteiger partial charge on any atom is 0.319 e. The van der Waals surface area contributed by atoms with Crippen LogP contribution in [0, 0.1) is 13.8 Å². The van der Waals surface area contributed by atoms with Crippen molar-refractivity contribution in [3.8, 4) is 0 Å². The summed E-state index contributed by atoms with van der Waals surface area (Å²) in [7, 11) is 0. The first-order valence-electron chi connectivity index (χ1n) is 6.08. The summed E-state index contributed by atoms with van der Waals surface area (Å²) in [4.78, 5) is 11.8. The lowest BCUT2D eigenvalue weighted by atomic mass is 10.1. The van der Waals surface area contributed by atoms with Gasteiger partial charge in [0.05, 0.1) is 24.0 Å². The lowest BCUT2D eigenvalue weighted by molar-refractivity contribution is 0.189. The Morgan fingerprint density at radius 3 is 2.78 bits per heavy atom. The maximum atomic E-state index is 11.8. The molecule has 1 fully saturated rings. The summed E-state index contributed by atoms with van der Waals surface area (Å²) >= 11 is 0. The van der Waals surface area contributed by atoms with Crippen LogP contribution in [0.4, 0.5) is 16.2 Å². The van der Waals surface area contributed by atoms with Crippen LogP contribution in [0.1, 0.15) is 17.5 Å². The highest BCUT2D eigenvalue weighted by atomic mass is 16.5. The highest BCUT2D eigenvalue weighted by Crippen LogP contribution is 2.22. The van der Waals surface area contributed by atoms with E-state index >= 15 is 0 Å². The second kappa shape index (κ2) is 5.27. The van der Waals surface area contributed by atoms with Gasteiger partial charge in [-0.25, -0.2) is 4.79 Å². The Hall–Kier alpha value is -1.75. The number of hydrogen-bond acceptors (Lipinski definition) is 3. The number of nitrogens with two attached hydrogens (primary N) is 1. The molecule has 1 aliphatic heterocycles. The van der Waals surface area contributed by atoms with Crippen LogP contribution in [0.25, 0.3) is 0 Å². The van der Waals surface area contributed by atoms with Crippen LogP contribution in [-0.4, -0.2) is 25.3 Å². The Morgan fingerprint density at radius 2 is 2.11 bits per heavy atom. The predicted molar refractivity (Wildman–Crippen MR) is 71.7 cm³/mol. The number of rotatable bonds is 2. The third-order valence-electron chi connectivity index (χ3n) is 3.18. The average molecular weight is 249 g/mol. The molecule has 0 saturated carbocycles. The van der Waals surface area contributed by atoms with Crippen molar-refractivity contribution in [3.05, 3.63) is 23.3 Å². The summed E-state index contributed by atoms with van der Waals surface area (Å²) in [6, 6.07) is 3.61. The average Bonchev–Trinajstić information content (AvgIpc) is 2.78. The lowest BCUT2D eigenvalue weighted by Gasteiger charge is -2.14. The van der Waals surface area contributed by atoms with Crippen molar-refractivity contribution >= 4 is 17.4 Å². The van der Waals surface area contributed by atoms with Gasteiger partial charge in [-0.2, -0.15) is 0 Å². The third kappa shape index (κ3) is 2.92. The van der Waals surface area contributed by atoms with Crippen LogP contribution in [0.2, 0.25) is 0 Å². The van der Waals surface area contributed by atoms with E-state index < -0.39 is 0 Å². The van der Waals surface area contributed by atoms with E-state index in [0.29, 0.717) is 24.6 Å². The van der Waals surface area contributed by atoms with Gasteiger partial charge < -0.3 is 21.1 Å². The number of hydrogen-bond donors (Lipinski definition) is 3. The largest absolute Gasteiger partial charge is 0.397 e. The van der Waals surface area contributed by atoms with E-state index in [1.807, 2.05) is 26.0 Å². The molecule has 0 aliphatic carbocycles. The molecule has 2 rings (SSSR count). The smallest absolute Gasteiger partial charge is 0.319 e. The summed E-state index contributed by atoms with van der Waals surface area (Å²) in [5, 5.41) is 5.63. The van der Waals surface area contributed by atoms with E-state index in [9.17, 15) is 4.79 Å². The van der Waals surface area contributed by atoms with Crippen LogP contribution in [-0.2, 0) is 4.74 Å². The molecule has 1 aromatic rings. The van der Waals surface area contributed by atoms with Crippen molar-refractivity contribution in [2.75, 3.05) is 24.3 Å². The van der Waals surface area contributed by atoms with E-state index in [1.165, 1.54) is 0 Å². The number of nitrogens with one attached hydrogen (secondary N) is 2. The fraction of sp³-hybridized carbons (Fsp3) is 0.462. The predicted octanol–water partition coefficient (Wildman–Crippen LogP) is 1.80. The van der Waals surface area contributed by atoms with E-state index in [1.54, 1.807) is 0 Å². The summed E-state index contributed by atoms with van der Waals surface area (Å²) in [5.74, 6) is 0. The molecule has 1 heterocycles. The van der Waals surface area contributed by atoms with Gasteiger partial charge in [0, 0.05) is 6.61 Å². The van der Waals surface area contributed by atoms with Crippen LogP contribution in [0.5, 0.6) is 0 Å². The molecule has 1 unspecified atom stereocenters. The Bertz CT molecular complexity index is 454. The normalized spacial score (nSPS) is 18.7. The van der Waals surface area contributed by atoms with Gasteiger partial charge in [-0.1, -0.05) is 0 Å². The first-order valence-corrected chi connectivity index (χ1v) is 6.08. The Balaban J connectivity index is 2.00. The molecule has 0 radical (unpaired) electrons. The molecule has 0 aromatic heterocycles. The van der Waals surface area contributed by atoms with Crippen LogP contribution in [0.15, 0.2) is 12.1 Å². The van der Waals surface area contributed by atoms with Crippen molar-refractivity contribution in [1.82, 2.24) is 5.32 Å². The third-order valence-corrected chi connectivity index (χ3v) is 3.18. The quantitative estimate of drug-likeness (QED) is 0.699. The Morgan fingerprint density at radius 1 is 1.39 bits per heavy atom. The number of nitrogen functional groups attached to an aromatic ring is 1. The molecule has 1 atom stereocenters. The molecule has 1 saturated heterocycles. The summed E-state index contributed by atoms with van der Waals surface area (Å²) in [6.07, 6.45) is 0.857. The number of ether oxygens (including phenoxy) is 1. The topological polar surface area (TPSA) is 76.4 Å². The standard InChI is InChI=1S/C13H19N3O2/c1-8-5-11(14)12(6-9(8)2)16-13(17)15-10-3-4-18-7-10/h5-6,10H,3-4,7,14H2,1-2H3,(H2,15,16,17). The fourth-order valence-electron chi connectivity index (χ4n) is 1.94. The van der Waals surface area contributed by atoms with Crippen LogP contribution >= 0.6 is 0 Å². The van der Waals surface area contributed by atoms with Crippen molar-refractivity contribution in [3.63, 3.8) is 0 Å². The zero-order valence-corrected chi connectivity index (χ0v) is 10.7. The molecule has 0 bridgehead atoms. The second-order valence-electron chi connectivity index (χ2n) is 4.68. The minimum atomic E-state index is -0.236. The first kappa shape index (κ1) is 12.7. The van der Waals surface area contributed by atoms with E-state index in [2.05, 4.69) is 10.6 Å². The van der Waals surface area contributed by atoms with E-state index in [-0.39, 0.29) is 12.1 Å². The number of carbonyl (C=O) groups is 1. The van der Waals surface area contributed by atoms with Gasteiger partial charge in [-0.3, -0.25) is 0 Å². The zero-order valence-electron chi connectivity index (χ0n) is 10.7. The van der Waals surface area contributed by atoms with Crippen LogP contribution < -0.4 is 16.4 Å². The number of anilines is 2. The zero-order chi connectivity index (χ0) is 13.1. The van der Waals surface area contributed by atoms with Crippen molar-refractivity contribution in [2.45, 2.75) is 26.3 Å². The minimum absolute atomic E-state index is 0.0952. The van der Waals surface area contributed by atoms with E-state index in [4.69, 9.17) is 10.5 Å². The molecule has 2 amide bonds. The molecule has 5 nitrogen and oxygen atoms in total. The number of benzene rings is 1. The number of amides is 2. The summed E-state index contributed by atoms with van der Waals surface area (Å²) < 4.78 is 5.20. The molecule has 4 N–H and O–H groups in total. The highest BCUT2D eigenvalue weighted by Gasteiger charge is 2.18. The molecule has 98 valence electrons. The van der Waals surface area contributed by atoms with Gasteiger partial charge in [0.15, 0.2) is 0 Å². The maximum absolute atomic E-state index is 11.8. The van der Waals surface area contributed by atoms with Crippen molar-refractivity contribution < 1.29 is 9.53 Å². The fourth-order valence-corrected chi connectivity index (χ4v) is 1.94. The van der Waals surface area contributed by atoms with Gasteiger partial charge in [0.1, 0.15) is 0 Å². The first-order chi connectivity index (χ1) is 8.56. The molecule has 0 spiro atoms. The van der Waals surface area contributed by atoms with Gasteiger partial charge in [0.25, 0.3) is 0 Å². The molecule has 1 aromatic carbocycles. The van der Waals surface area contributed by atoms with E-state index in [0.717, 1.165) is 17.5 Å². The second-order valence-corrected chi connectivity index (χ2v) is 4.68. The Kier molecular flexibility index (Phi) is 3.72. The van der Waals surface area contributed by atoms with Crippen molar-refractivity contribution in [1.29, 1.82) is 0 Å². The highest BCUT2D eigenvalue weighted by molar-refractivity contribution is 5.93. The molecular weight excluding hydrogens is 230 g/mol. The SMILES string of the molecule is Cc1cc(N)c(NC(=O)NC2CCOC2)cc1C. The van der Waals surface area contributed by atoms with Gasteiger partial charge >= 0.3 is 6.03 Å². The monoisotopic (exact) mass is 249 g/mol. The lowest BCUT2D eigenvalue weighted by Crippen LogP contribution is -2.38. The summed E-state index contributed by atoms with van der Waals surface area (Å²) in [5.41, 5.74) is 9.32. The summed E-state index contributed by atoms with van der Waals surface area (Å²) in [6.45, 7) is 5.26. The molecular formula is C13H19N3O2. The van der Waals surface area contributed by atoms with Gasteiger partial charge in [-0.15, -0.1) is 0 Å². The Labute approximate surface area is 107 Å². The molecule has 18 heavy (non-hydrogen) atoms. The minimum Gasteiger partial charge on any atom is -0.397 e. The van der Waals surface area contributed by atoms with Gasteiger partial charge in [-0.05, 0) is 43.5 Å². The van der Waals surface area contributed by atoms with Crippen molar-refractivity contribution in [2.24, 2.45) is 0 Å². The number of carbonyl (C=O) groups excluding carboxylic acids is 1. The number of aryl methyl sites for hydroxylation is 2.